The fourth-order valence-corrected chi connectivity index (χ4v) is 3.99. The van der Waals surface area contributed by atoms with E-state index in [1.54, 1.807) is 31.2 Å². The Balaban J connectivity index is 1.60. The number of aromatic amines is 1. The molecular formula is C20H14Cl2FN5O2S. The number of nitrogens with one attached hydrogen (secondary N) is 2. The monoisotopic (exact) mass is 477 g/mol. The molecule has 4 aromatic rings. The zero-order chi connectivity index (χ0) is 22.1. The van der Waals surface area contributed by atoms with Gasteiger partial charge in [0.25, 0.3) is 5.56 Å². The van der Waals surface area contributed by atoms with Crippen LogP contribution < -0.4 is 10.9 Å². The van der Waals surface area contributed by atoms with E-state index in [4.69, 9.17) is 23.2 Å². The molecule has 0 aliphatic heterocycles. The van der Waals surface area contributed by atoms with Crippen molar-refractivity contribution in [3.63, 3.8) is 0 Å². The van der Waals surface area contributed by atoms with Crippen molar-refractivity contribution in [2.45, 2.75) is 17.3 Å². The van der Waals surface area contributed by atoms with E-state index < -0.39 is 11.1 Å². The first-order valence-corrected chi connectivity index (χ1v) is 10.6. The average molecular weight is 478 g/mol. The molecule has 11 heteroatoms. The maximum atomic E-state index is 13.2. The number of anilines is 1. The molecule has 31 heavy (non-hydrogen) atoms. The molecule has 2 aromatic heterocycles. The third-order valence-electron chi connectivity index (χ3n) is 4.32. The van der Waals surface area contributed by atoms with Crippen LogP contribution in [-0.2, 0) is 4.79 Å². The van der Waals surface area contributed by atoms with E-state index in [-0.39, 0.29) is 27.3 Å². The van der Waals surface area contributed by atoms with Crippen LogP contribution in [0.1, 0.15) is 6.92 Å². The van der Waals surface area contributed by atoms with E-state index in [1.165, 1.54) is 23.0 Å². The molecule has 0 saturated carbocycles. The van der Waals surface area contributed by atoms with Crippen molar-refractivity contribution in [3.05, 3.63) is 74.9 Å². The largest absolute Gasteiger partial charge is 0.324 e. The Kier molecular flexibility index (Phi) is 5.99. The number of carbonyl (C=O) groups excluding carboxylic acids is 1. The van der Waals surface area contributed by atoms with Crippen LogP contribution in [0.4, 0.5) is 10.1 Å². The molecule has 2 N–H and O–H groups in total. The zero-order valence-electron chi connectivity index (χ0n) is 15.9. The van der Waals surface area contributed by atoms with Crippen molar-refractivity contribution in [1.29, 1.82) is 0 Å². The molecule has 158 valence electrons. The van der Waals surface area contributed by atoms with E-state index in [1.807, 2.05) is 0 Å². The van der Waals surface area contributed by atoms with Gasteiger partial charge in [0.1, 0.15) is 11.2 Å². The van der Waals surface area contributed by atoms with Crippen molar-refractivity contribution in [1.82, 2.24) is 19.7 Å². The summed E-state index contributed by atoms with van der Waals surface area (Å²) in [5, 5.41) is 7.40. The Labute approximate surface area is 189 Å². The number of hydrogen-bond acceptors (Lipinski definition) is 5. The summed E-state index contributed by atoms with van der Waals surface area (Å²) >= 11 is 13.1. The van der Waals surface area contributed by atoms with Gasteiger partial charge in [-0.2, -0.15) is 5.10 Å². The van der Waals surface area contributed by atoms with Gasteiger partial charge in [0.15, 0.2) is 10.8 Å². The topological polar surface area (TPSA) is 92.7 Å². The summed E-state index contributed by atoms with van der Waals surface area (Å²) in [6, 6.07) is 10.7. The van der Waals surface area contributed by atoms with Gasteiger partial charge in [-0.05, 0) is 43.3 Å². The van der Waals surface area contributed by atoms with Crippen molar-refractivity contribution >= 4 is 57.6 Å². The van der Waals surface area contributed by atoms with Crippen molar-refractivity contribution in [2.24, 2.45) is 0 Å². The van der Waals surface area contributed by atoms with Gasteiger partial charge >= 0.3 is 0 Å². The molecule has 0 bridgehead atoms. The van der Waals surface area contributed by atoms with Crippen LogP contribution in [0.25, 0.3) is 16.7 Å². The van der Waals surface area contributed by atoms with Gasteiger partial charge < -0.3 is 10.3 Å². The van der Waals surface area contributed by atoms with E-state index in [9.17, 15) is 14.0 Å². The van der Waals surface area contributed by atoms with Crippen LogP contribution in [0, 0.1) is 5.82 Å². The summed E-state index contributed by atoms with van der Waals surface area (Å²) in [6.45, 7) is 1.65. The normalized spacial score (nSPS) is 12.1. The van der Waals surface area contributed by atoms with Crippen molar-refractivity contribution in [2.75, 3.05) is 5.32 Å². The number of rotatable bonds is 5. The van der Waals surface area contributed by atoms with Gasteiger partial charge in [0.2, 0.25) is 5.91 Å². The molecular weight excluding hydrogens is 464 g/mol. The van der Waals surface area contributed by atoms with E-state index in [2.05, 4.69) is 20.4 Å². The molecule has 0 fully saturated rings. The predicted octanol–water partition coefficient (Wildman–Crippen LogP) is 4.67. The minimum atomic E-state index is -0.635. The molecule has 7 nitrogen and oxygen atoms in total. The average Bonchev–Trinajstić information content (AvgIpc) is 3.14. The van der Waals surface area contributed by atoms with Crippen LogP contribution in [-0.4, -0.2) is 30.9 Å². The van der Waals surface area contributed by atoms with Gasteiger partial charge in [0.05, 0.1) is 27.8 Å². The highest BCUT2D eigenvalue weighted by atomic mass is 35.5. The molecule has 1 atom stereocenters. The highest BCUT2D eigenvalue weighted by molar-refractivity contribution is 8.00. The standard InChI is InChI=1S/C20H14Cl2FN5O2S/c1-10(18(29)25-16-6-5-12(23)8-15(16)22)31-20-26-17-14(19(30)27-20)9-24-28(17)13-4-2-3-11(21)7-13/h2-10H,1H3,(H,25,29)(H,26,27,30). The number of thioether (sulfide) groups is 1. The second-order valence-electron chi connectivity index (χ2n) is 6.52. The maximum Gasteiger partial charge on any atom is 0.262 e. The quantitative estimate of drug-likeness (QED) is 0.321. The molecule has 4 rings (SSSR count). The third kappa shape index (κ3) is 4.58. The number of fused-ring (bicyclic) bond motifs is 1. The molecule has 0 aliphatic carbocycles. The Morgan fingerprint density at radius 2 is 2.06 bits per heavy atom. The molecule has 2 heterocycles. The number of aromatic nitrogens is 4. The van der Waals surface area contributed by atoms with E-state index >= 15 is 0 Å². The van der Waals surface area contributed by atoms with Crippen LogP contribution in [0.5, 0.6) is 0 Å². The lowest BCUT2D eigenvalue weighted by Crippen LogP contribution is -2.23. The minimum Gasteiger partial charge on any atom is -0.324 e. The summed E-state index contributed by atoms with van der Waals surface area (Å²) in [4.78, 5) is 32.2. The number of carbonyl (C=O) groups is 1. The lowest BCUT2D eigenvalue weighted by molar-refractivity contribution is -0.115. The molecule has 0 aliphatic rings. The number of benzene rings is 2. The Bertz CT molecular complexity index is 1360. The van der Waals surface area contributed by atoms with Gasteiger partial charge in [0, 0.05) is 5.02 Å². The van der Waals surface area contributed by atoms with Gasteiger partial charge in [-0.1, -0.05) is 41.0 Å². The Hall–Kier alpha value is -2.88. The van der Waals surface area contributed by atoms with Gasteiger partial charge in [-0.3, -0.25) is 9.59 Å². The molecule has 1 unspecified atom stereocenters. The van der Waals surface area contributed by atoms with Crippen LogP contribution in [0.2, 0.25) is 10.0 Å². The van der Waals surface area contributed by atoms with Crippen LogP contribution in [0.15, 0.2) is 58.6 Å². The molecule has 2 aromatic carbocycles. The number of hydrogen-bond donors (Lipinski definition) is 2. The summed E-state index contributed by atoms with van der Waals surface area (Å²) in [5.41, 5.74) is 0.891. The van der Waals surface area contributed by atoms with Crippen LogP contribution in [0.3, 0.4) is 0 Å². The first kappa shape index (κ1) is 21.4. The van der Waals surface area contributed by atoms with E-state index in [0.717, 1.165) is 17.8 Å². The molecule has 0 spiro atoms. The molecule has 0 saturated heterocycles. The summed E-state index contributed by atoms with van der Waals surface area (Å²) in [7, 11) is 0. The number of nitrogens with zero attached hydrogens (tertiary/aromatic N) is 3. The summed E-state index contributed by atoms with van der Waals surface area (Å²) in [6.07, 6.45) is 1.42. The van der Waals surface area contributed by atoms with Crippen molar-refractivity contribution in [3.8, 4) is 5.69 Å². The van der Waals surface area contributed by atoms with Crippen LogP contribution >= 0.6 is 35.0 Å². The first-order valence-electron chi connectivity index (χ1n) is 8.98. The number of H-pyrrole nitrogens is 1. The fraction of sp³-hybridized carbons (Fsp3) is 0.100. The highest BCUT2D eigenvalue weighted by Crippen LogP contribution is 2.26. The summed E-state index contributed by atoms with van der Waals surface area (Å²) < 4.78 is 14.7. The second-order valence-corrected chi connectivity index (χ2v) is 8.69. The van der Waals surface area contributed by atoms with Gasteiger partial charge in [-0.15, -0.1) is 0 Å². The SMILES string of the molecule is CC(Sc1nc2c(cnn2-c2cccc(Cl)c2)c(=O)[nH]1)C(=O)Nc1ccc(F)cc1Cl. The minimum absolute atomic E-state index is 0.0870. The lowest BCUT2D eigenvalue weighted by atomic mass is 10.3. The summed E-state index contributed by atoms with van der Waals surface area (Å²) in [5.74, 6) is -0.888. The second kappa shape index (κ2) is 8.70. The number of amides is 1. The number of halogens is 3. The first-order chi connectivity index (χ1) is 14.8. The molecule has 1 amide bonds. The third-order valence-corrected chi connectivity index (χ3v) is 5.85. The fourth-order valence-electron chi connectivity index (χ4n) is 2.80. The maximum absolute atomic E-state index is 13.2. The predicted molar refractivity (Wildman–Crippen MR) is 120 cm³/mol. The lowest BCUT2D eigenvalue weighted by Gasteiger charge is -2.12. The smallest absolute Gasteiger partial charge is 0.262 e. The Morgan fingerprint density at radius 3 is 2.81 bits per heavy atom. The Morgan fingerprint density at radius 1 is 1.26 bits per heavy atom. The van der Waals surface area contributed by atoms with Gasteiger partial charge in [-0.25, -0.2) is 14.1 Å². The van der Waals surface area contributed by atoms with Crippen molar-refractivity contribution < 1.29 is 9.18 Å². The highest BCUT2D eigenvalue weighted by Gasteiger charge is 2.19. The zero-order valence-corrected chi connectivity index (χ0v) is 18.2. The van der Waals surface area contributed by atoms with E-state index in [0.29, 0.717) is 21.7 Å². The molecule has 0 radical (unpaired) electrons.